The van der Waals surface area contributed by atoms with Crippen LogP contribution in [0.1, 0.15) is 18.1 Å². The molecule has 1 atom stereocenters. The van der Waals surface area contributed by atoms with Gasteiger partial charge in [0.05, 0.1) is 25.9 Å². The number of hydrogen-bond donors (Lipinski definition) is 0. The minimum Gasteiger partial charge on any atom is -0.468 e. The van der Waals surface area contributed by atoms with Crippen molar-refractivity contribution in [3.8, 4) is 0 Å². The van der Waals surface area contributed by atoms with Crippen molar-refractivity contribution in [2.75, 3.05) is 38.2 Å². The topological polar surface area (TPSA) is 59.1 Å². The molecule has 7 heteroatoms. The van der Waals surface area contributed by atoms with Crippen LogP contribution in [0.15, 0.2) is 52.3 Å². The smallest absolute Gasteiger partial charge is 0.319 e. The van der Waals surface area contributed by atoms with E-state index in [2.05, 4.69) is 49.1 Å². The van der Waals surface area contributed by atoms with Gasteiger partial charge in [-0.15, -0.1) is 0 Å². The molecule has 0 saturated carbocycles. The van der Waals surface area contributed by atoms with Gasteiger partial charge in [-0.05, 0) is 37.6 Å². The Morgan fingerprint density at radius 1 is 1.10 bits per heavy atom. The molecule has 1 heterocycles. The molecule has 0 N–H and O–H groups in total. The summed E-state index contributed by atoms with van der Waals surface area (Å²) in [5, 5.41) is 0. The Morgan fingerprint density at radius 2 is 1.87 bits per heavy atom. The number of benzene rings is 2. The van der Waals surface area contributed by atoms with Crippen LogP contribution in [0.5, 0.6) is 0 Å². The lowest BCUT2D eigenvalue weighted by atomic mass is 10.2. The van der Waals surface area contributed by atoms with E-state index < -0.39 is 6.23 Å². The largest absolute Gasteiger partial charge is 0.468 e. The number of hydrogen-bond acceptors (Lipinski definition) is 7. The number of anilines is 1. The second-order valence-corrected chi connectivity index (χ2v) is 8.48. The molecular weight excluding hydrogens is 400 g/mol. The van der Waals surface area contributed by atoms with Crippen molar-refractivity contribution in [3.05, 3.63) is 53.6 Å². The Kier molecular flexibility index (Phi) is 7.39. The van der Waals surface area contributed by atoms with Gasteiger partial charge in [-0.1, -0.05) is 41.6 Å². The zero-order chi connectivity index (χ0) is 21.7. The Bertz CT molecular complexity index is 918. The zero-order valence-electron chi connectivity index (χ0n) is 17.9. The van der Waals surface area contributed by atoms with Gasteiger partial charge in [0.15, 0.2) is 6.23 Å². The molecule has 0 spiro atoms. The molecule has 160 valence electrons. The molecule has 0 amide bonds. The summed E-state index contributed by atoms with van der Waals surface area (Å²) in [4.78, 5) is 29.8. The molecule has 3 rings (SSSR count). The Labute approximate surface area is 182 Å². The van der Waals surface area contributed by atoms with Gasteiger partial charge in [-0.25, -0.2) is 0 Å². The molecule has 0 unspecified atom stereocenters. The van der Waals surface area contributed by atoms with Crippen molar-refractivity contribution >= 4 is 29.4 Å². The number of ether oxygens (including phenoxy) is 2. The van der Waals surface area contributed by atoms with Crippen LogP contribution in [0.4, 0.5) is 5.69 Å². The van der Waals surface area contributed by atoms with Crippen LogP contribution in [0, 0.1) is 13.8 Å². The third-order valence-electron chi connectivity index (χ3n) is 5.06. The number of nitrogens with zero attached hydrogens (tertiary/aromatic N) is 2. The van der Waals surface area contributed by atoms with Crippen LogP contribution in [-0.4, -0.2) is 56.4 Å². The van der Waals surface area contributed by atoms with Crippen LogP contribution in [0.3, 0.4) is 0 Å². The highest BCUT2D eigenvalue weighted by molar-refractivity contribution is 7.99. The van der Waals surface area contributed by atoms with Gasteiger partial charge in [0.1, 0.15) is 0 Å². The van der Waals surface area contributed by atoms with Crippen molar-refractivity contribution in [2.24, 2.45) is 0 Å². The number of aryl methyl sites for hydroxylation is 2. The number of carbonyl (C=O) groups excluding carboxylic acids is 2. The predicted molar refractivity (Wildman–Crippen MR) is 118 cm³/mol. The maximum Gasteiger partial charge on any atom is 0.319 e. The van der Waals surface area contributed by atoms with E-state index in [9.17, 15) is 9.59 Å². The summed E-state index contributed by atoms with van der Waals surface area (Å²) in [6.45, 7) is 7.51. The highest BCUT2D eigenvalue weighted by atomic mass is 32.2. The average Bonchev–Trinajstić information content (AvgIpc) is 2.71. The first-order valence-corrected chi connectivity index (χ1v) is 10.8. The fourth-order valence-corrected chi connectivity index (χ4v) is 4.60. The Balaban J connectivity index is 1.82. The van der Waals surface area contributed by atoms with Gasteiger partial charge in [-0.3, -0.25) is 14.5 Å². The minimum absolute atomic E-state index is 0.0985. The van der Waals surface area contributed by atoms with Crippen molar-refractivity contribution in [1.82, 2.24) is 4.90 Å². The lowest BCUT2D eigenvalue weighted by molar-refractivity contribution is -0.162. The number of methoxy groups -OCH3 is 1. The first-order chi connectivity index (χ1) is 14.4. The van der Waals surface area contributed by atoms with E-state index in [1.807, 2.05) is 17.0 Å². The Morgan fingerprint density at radius 3 is 2.57 bits per heavy atom. The number of rotatable bonds is 6. The minimum atomic E-state index is -0.505. The van der Waals surface area contributed by atoms with Gasteiger partial charge >= 0.3 is 11.9 Å². The molecule has 1 fully saturated rings. The van der Waals surface area contributed by atoms with E-state index in [4.69, 9.17) is 9.47 Å². The molecule has 0 bridgehead atoms. The highest BCUT2D eigenvalue weighted by Gasteiger charge is 2.31. The van der Waals surface area contributed by atoms with Gasteiger partial charge < -0.3 is 14.4 Å². The van der Waals surface area contributed by atoms with E-state index in [1.165, 1.54) is 30.1 Å². The molecule has 2 aromatic rings. The van der Waals surface area contributed by atoms with E-state index in [0.29, 0.717) is 13.1 Å². The monoisotopic (exact) mass is 428 g/mol. The first-order valence-electron chi connectivity index (χ1n) is 9.94. The van der Waals surface area contributed by atoms with Crippen molar-refractivity contribution in [3.63, 3.8) is 0 Å². The third kappa shape index (κ3) is 5.55. The molecule has 2 aromatic carbocycles. The third-order valence-corrected chi connectivity index (χ3v) is 6.30. The molecule has 6 nitrogen and oxygen atoms in total. The SMILES string of the molecule is COC(=O)CN1CCN(c2ccccc2Sc2ccc(C)cc2C)C[C@@H]1OC(C)=O. The maximum absolute atomic E-state index is 11.8. The molecule has 0 aromatic heterocycles. The quantitative estimate of drug-likeness (QED) is 0.651. The van der Waals surface area contributed by atoms with Gasteiger partial charge in [0.2, 0.25) is 0 Å². The van der Waals surface area contributed by atoms with Gasteiger partial charge in [0, 0.05) is 29.8 Å². The standard InChI is InChI=1S/C23H28N2O4S/c1-16-9-10-20(17(2)13-16)30-21-8-6-5-7-19(21)24-11-12-25(15-23(27)28-4)22(14-24)29-18(3)26/h5-10,13,22H,11-12,14-15H2,1-4H3/t22-/m0/s1. The number of esters is 2. The lowest BCUT2D eigenvalue weighted by Gasteiger charge is -2.41. The summed E-state index contributed by atoms with van der Waals surface area (Å²) in [6.07, 6.45) is -0.505. The average molecular weight is 429 g/mol. The summed E-state index contributed by atoms with van der Waals surface area (Å²) in [5.74, 6) is -0.707. The fourth-order valence-electron chi connectivity index (χ4n) is 3.56. The maximum atomic E-state index is 11.8. The second-order valence-electron chi connectivity index (χ2n) is 7.40. The summed E-state index contributed by atoms with van der Waals surface area (Å²) in [6, 6.07) is 14.7. The summed E-state index contributed by atoms with van der Waals surface area (Å²) in [7, 11) is 1.36. The van der Waals surface area contributed by atoms with E-state index >= 15 is 0 Å². The predicted octanol–water partition coefficient (Wildman–Crippen LogP) is 3.64. The summed E-state index contributed by atoms with van der Waals surface area (Å²) < 4.78 is 10.3. The molecule has 1 saturated heterocycles. The van der Waals surface area contributed by atoms with E-state index in [1.54, 1.807) is 11.8 Å². The number of para-hydroxylation sites is 1. The second kappa shape index (κ2) is 10.00. The van der Waals surface area contributed by atoms with Crippen LogP contribution in [0.25, 0.3) is 0 Å². The fraction of sp³-hybridized carbons (Fsp3) is 0.391. The molecule has 0 aliphatic carbocycles. The van der Waals surface area contributed by atoms with Gasteiger partial charge in [-0.2, -0.15) is 0 Å². The van der Waals surface area contributed by atoms with Crippen molar-refractivity contribution in [1.29, 1.82) is 0 Å². The summed E-state index contributed by atoms with van der Waals surface area (Å²) in [5.41, 5.74) is 3.59. The van der Waals surface area contributed by atoms with Crippen LogP contribution in [-0.2, 0) is 19.1 Å². The van der Waals surface area contributed by atoms with Crippen LogP contribution in [0.2, 0.25) is 0 Å². The number of piperazine rings is 1. The molecular formula is C23H28N2O4S. The first kappa shape index (κ1) is 22.2. The van der Waals surface area contributed by atoms with Gasteiger partial charge in [0.25, 0.3) is 0 Å². The molecule has 0 radical (unpaired) electrons. The zero-order valence-corrected chi connectivity index (χ0v) is 18.7. The van der Waals surface area contributed by atoms with Crippen molar-refractivity contribution in [2.45, 2.75) is 36.8 Å². The summed E-state index contributed by atoms with van der Waals surface area (Å²) >= 11 is 1.74. The van der Waals surface area contributed by atoms with E-state index in [0.717, 1.165) is 17.1 Å². The molecule has 1 aliphatic heterocycles. The van der Waals surface area contributed by atoms with E-state index in [-0.39, 0.29) is 18.5 Å². The molecule has 30 heavy (non-hydrogen) atoms. The van der Waals surface area contributed by atoms with Crippen molar-refractivity contribution < 1.29 is 19.1 Å². The normalized spacial score (nSPS) is 16.9. The number of carbonyl (C=O) groups is 2. The molecule has 1 aliphatic rings. The lowest BCUT2D eigenvalue weighted by Crippen LogP contribution is -2.56. The Hall–Kier alpha value is -2.51. The van der Waals surface area contributed by atoms with Crippen LogP contribution >= 0.6 is 11.8 Å². The highest BCUT2D eigenvalue weighted by Crippen LogP contribution is 2.37. The van der Waals surface area contributed by atoms with Crippen LogP contribution < -0.4 is 4.90 Å².